The number of hydrogen-bond donors (Lipinski definition) is 6. The average Bonchev–Trinajstić information content (AvgIpc) is 2.73. The Morgan fingerprint density at radius 1 is 0.743 bits per heavy atom. The summed E-state index contributed by atoms with van der Waals surface area (Å²) in [6.07, 6.45) is 0.367. The standard InChI is InChI=1S/C11H11I2NO4.C11H12INO4/c1-5(15)14-9(11(17)18)4-6-2-7(12)10(16)8(13)3-6;1-6(14)13-9(11(16)17)5-7-2-3-10(15)8(12)4-7/h2-3,9,16H,4H2,1H3,(H,14,15)(H,17,18);2-4,9,15H,5H2,1H3,(H,13,14)(H,16,17)/t2*9-/m00/s1. The highest BCUT2D eigenvalue weighted by Crippen LogP contribution is 2.28. The van der Waals surface area contributed by atoms with Crippen LogP contribution in [0.25, 0.3) is 0 Å². The van der Waals surface area contributed by atoms with Crippen LogP contribution in [0.3, 0.4) is 0 Å². The molecule has 190 valence electrons. The lowest BCUT2D eigenvalue weighted by atomic mass is 10.1. The van der Waals surface area contributed by atoms with Gasteiger partial charge >= 0.3 is 11.9 Å². The van der Waals surface area contributed by atoms with Gasteiger partial charge in [0.2, 0.25) is 11.8 Å². The van der Waals surface area contributed by atoms with E-state index in [4.69, 9.17) is 10.2 Å². The molecule has 0 saturated carbocycles. The fraction of sp³-hybridized carbons (Fsp3) is 0.273. The number of carboxylic acid groups (broad SMARTS) is 2. The number of aliphatic carboxylic acids is 2. The highest BCUT2D eigenvalue weighted by atomic mass is 127. The number of amides is 2. The molecule has 0 aliphatic heterocycles. The average molecular weight is 824 g/mol. The number of phenolic OH excluding ortho intramolecular Hbond substituents is 2. The first-order valence-electron chi connectivity index (χ1n) is 9.85. The summed E-state index contributed by atoms with van der Waals surface area (Å²) in [5.74, 6) is -2.59. The van der Waals surface area contributed by atoms with Gasteiger partial charge in [0.25, 0.3) is 0 Å². The lowest BCUT2D eigenvalue weighted by Crippen LogP contribution is -2.41. The number of carbonyl (C=O) groups is 4. The van der Waals surface area contributed by atoms with E-state index in [9.17, 15) is 29.4 Å². The van der Waals surface area contributed by atoms with Crippen molar-refractivity contribution in [2.75, 3.05) is 0 Å². The first-order chi connectivity index (χ1) is 16.2. The number of carbonyl (C=O) groups excluding carboxylic acids is 2. The van der Waals surface area contributed by atoms with E-state index in [0.717, 1.165) is 11.1 Å². The molecule has 2 rings (SSSR count). The van der Waals surface area contributed by atoms with Crippen molar-refractivity contribution in [3.05, 3.63) is 52.2 Å². The number of phenols is 2. The normalized spacial score (nSPS) is 11.9. The van der Waals surface area contributed by atoms with Crippen molar-refractivity contribution in [1.29, 1.82) is 0 Å². The van der Waals surface area contributed by atoms with E-state index in [-0.39, 0.29) is 36.2 Å². The molecule has 0 aromatic heterocycles. The van der Waals surface area contributed by atoms with E-state index in [2.05, 4.69) is 10.6 Å². The van der Waals surface area contributed by atoms with Crippen LogP contribution in [0.1, 0.15) is 25.0 Å². The molecule has 10 nitrogen and oxygen atoms in total. The summed E-state index contributed by atoms with van der Waals surface area (Å²) in [5, 5.41) is 41.6. The molecule has 0 aliphatic rings. The molecule has 6 N–H and O–H groups in total. The zero-order chi connectivity index (χ0) is 26.9. The molecule has 0 saturated heterocycles. The highest BCUT2D eigenvalue weighted by Gasteiger charge is 2.20. The van der Waals surface area contributed by atoms with Crippen molar-refractivity contribution in [2.45, 2.75) is 38.8 Å². The van der Waals surface area contributed by atoms with E-state index in [0.29, 0.717) is 10.7 Å². The fourth-order valence-electron chi connectivity index (χ4n) is 2.78. The summed E-state index contributed by atoms with van der Waals surface area (Å²) in [6, 6.07) is 6.32. The van der Waals surface area contributed by atoms with Gasteiger partial charge in [0.05, 0.1) is 10.7 Å². The highest BCUT2D eigenvalue weighted by molar-refractivity contribution is 14.1. The smallest absolute Gasteiger partial charge is 0.326 e. The molecule has 0 spiro atoms. The third kappa shape index (κ3) is 11.1. The molecule has 0 fully saturated rings. The fourth-order valence-corrected chi connectivity index (χ4v) is 5.25. The summed E-state index contributed by atoms with van der Waals surface area (Å²) in [7, 11) is 0. The minimum Gasteiger partial charge on any atom is -0.507 e. The second-order valence-electron chi connectivity index (χ2n) is 7.28. The van der Waals surface area contributed by atoms with E-state index in [1.165, 1.54) is 19.9 Å². The first kappa shape index (κ1) is 31.1. The molecule has 2 aromatic rings. The topological polar surface area (TPSA) is 173 Å². The van der Waals surface area contributed by atoms with Crippen molar-refractivity contribution >= 4 is 91.5 Å². The van der Waals surface area contributed by atoms with E-state index >= 15 is 0 Å². The zero-order valence-corrected chi connectivity index (χ0v) is 25.0. The lowest BCUT2D eigenvalue weighted by Gasteiger charge is -2.14. The number of rotatable bonds is 8. The van der Waals surface area contributed by atoms with Crippen LogP contribution in [0.15, 0.2) is 30.3 Å². The SMILES string of the molecule is CC(=O)N[C@@H](Cc1cc(I)c(O)c(I)c1)C(=O)O.CC(=O)N[C@@H](Cc1ccc(O)c(I)c1)C(=O)O. The van der Waals surface area contributed by atoms with Crippen molar-refractivity contribution in [3.63, 3.8) is 0 Å². The van der Waals surface area contributed by atoms with Crippen LogP contribution < -0.4 is 10.6 Å². The Bertz CT molecular complexity index is 1090. The number of halogens is 3. The molecule has 0 unspecified atom stereocenters. The van der Waals surface area contributed by atoms with Gasteiger partial charge in [-0.1, -0.05) is 6.07 Å². The van der Waals surface area contributed by atoms with Crippen molar-refractivity contribution in [3.8, 4) is 11.5 Å². The molecule has 35 heavy (non-hydrogen) atoms. The van der Waals surface area contributed by atoms with Gasteiger partial charge < -0.3 is 31.1 Å². The van der Waals surface area contributed by atoms with Gasteiger partial charge in [0.15, 0.2) is 0 Å². The number of nitrogens with one attached hydrogen (secondary N) is 2. The van der Waals surface area contributed by atoms with Gasteiger partial charge in [-0.25, -0.2) is 9.59 Å². The molecule has 13 heteroatoms. The summed E-state index contributed by atoms with van der Waals surface area (Å²) in [5.41, 5.74) is 1.50. The zero-order valence-electron chi connectivity index (χ0n) is 18.5. The number of carboxylic acids is 2. The number of hydrogen-bond acceptors (Lipinski definition) is 6. The Morgan fingerprint density at radius 3 is 1.51 bits per heavy atom. The van der Waals surface area contributed by atoms with Gasteiger partial charge in [-0.3, -0.25) is 9.59 Å². The van der Waals surface area contributed by atoms with Crippen LogP contribution in [0.5, 0.6) is 11.5 Å². The summed E-state index contributed by atoms with van der Waals surface area (Å²) in [6.45, 7) is 2.55. The molecule has 0 bridgehead atoms. The Balaban J connectivity index is 0.000000351. The number of benzene rings is 2. The van der Waals surface area contributed by atoms with Crippen molar-refractivity contribution in [1.82, 2.24) is 10.6 Å². The maximum Gasteiger partial charge on any atom is 0.326 e. The van der Waals surface area contributed by atoms with Gasteiger partial charge in [-0.15, -0.1) is 0 Å². The van der Waals surface area contributed by atoms with Crippen LogP contribution in [0.2, 0.25) is 0 Å². The molecule has 0 heterocycles. The minimum absolute atomic E-state index is 0.153. The predicted molar refractivity (Wildman–Crippen MR) is 152 cm³/mol. The molecular weight excluding hydrogens is 801 g/mol. The van der Waals surface area contributed by atoms with E-state index < -0.39 is 24.0 Å². The predicted octanol–water partition coefficient (Wildman–Crippen LogP) is 2.86. The van der Waals surface area contributed by atoms with Gasteiger partial charge in [0.1, 0.15) is 23.6 Å². The maximum atomic E-state index is 11.0. The third-order valence-electron chi connectivity index (χ3n) is 4.32. The van der Waals surface area contributed by atoms with Crippen LogP contribution in [-0.2, 0) is 32.0 Å². The van der Waals surface area contributed by atoms with E-state index in [1.54, 1.807) is 24.3 Å². The van der Waals surface area contributed by atoms with Crippen LogP contribution in [0.4, 0.5) is 0 Å². The quantitative estimate of drug-likeness (QED) is 0.221. The first-order valence-corrected chi connectivity index (χ1v) is 13.1. The second kappa shape index (κ2) is 14.6. The lowest BCUT2D eigenvalue weighted by molar-refractivity contribution is -0.141. The second-order valence-corrected chi connectivity index (χ2v) is 10.8. The van der Waals surface area contributed by atoms with Gasteiger partial charge in [-0.05, 0) is 103 Å². The van der Waals surface area contributed by atoms with Crippen LogP contribution in [0, 0.1) is 10.7 Å². The Morgan fingerprint density at radius 2 is 1.14 bits per heavy atom. The van der Waals surface area contributed by atoms with Crippen molar-refractivity contribution in [2.24, 2.45) is 0 Å². The van der Waals surface area contributed by atoms with Crippen LogP contribution >= 0.6 is 67.8 Å². The minimum atomic E-state index is -1.08. The number of aromatic hydroxyl groups is 2. The molecule has 2 atom stereocenters. The molecule has 2 amide bonds. The van der Waals surface area contributed by atoms with Gasteiger partial charge in [-0.2, -0.15) is 0 Å². The largest absolute Gasteiger partial charge is 0.507 e. The third-order valence-corrected chi connectivity index (χ3v) is 6.83. The molecular formula is C22H23I3N2O8. The molecule has 2 aromatic carbocycles. The Labute approximate surface area is 242 Å². The summed E-state index contributed by atoms with van der Waals surface area (Å²) in [4.78, 5) is 43.7. The molecule has 0 radical (unpaired) electrons. The van der Waals surface area contributed by atoms with Crippen LogP contribution in [-0.4, -0.2) is 56.3 Å². The van der Waals surface area contributed by atoms with Crippen molar-refractivity contribution < 1.29 is 39.6 Å². The Hall–Kier alpha value is -1.89. The van der Waals surface area contributed by atoms with Gasteiger partial charge in [0, 0.05) is 26.7 Å². The maximum absolute atomic E-state index is 11.0. The molecule has 0 aliphatic carbocycles. The monoisotopic (exact) mass is 824 g/mol. The van der Waals surface area contributed by atoms with E-state index in [1.807, 2.05) is 67.8 Å². The summed E-state index contributed by atoms with van der Waals surface area (Å²) < 4.78 is 1.95. The summed E-state index contributed by atoms with van der Waals surface area (Å²) >= 11 is 5.91. The Kier molecular flexibility index (Phi) is 13.0.